The Morgan fingerprint density at radius 2 is 1.78 bits per heavy atom. The number of piperidine rings is 1. The van der Waals surface area contributed by atoms with Crippen molar-refractivity contribution in [3.63, 3.8) is 0 Å². The third-order valence-corrected chi connectivity index (χ3v) is 6.86. The van der Waals surface area contributed by atoms with Gasteiger partial charge in [-0.25, -0.2) is 0 Å². The molecule has 3 aromatic rings. The van der Waals surface area contributed by atoms with Crippen LogP contribution in [-0.4, -0.2) is 63.7 Å². The van der Waals surface area contributed by atoms with Crippen LogP contribution in [0.3, 0.4) is 0 Å². The monoisotopic (exact) mass is 453 g/mol. The number of pyridine rings is 1. The fraction of sp³-hybridized carbons (Fsp3) is 0.480. The lowest BCUT2D eigenvalue weighted by molar-refractivity contribution is 0.124. The lowest BCUT2D eigenvalue weighted by Gasteiger charge is -2.36. The minimum atomic E-state index is 0. The van der Waals surface area contributed by atoms with Crippen LogP contribution in [0.2, 0.25) is 0 Å². The van der Waals surface area contributed by atoms with Gasteiger partial charge in [-0.2, -0.15) is 4.98 Å². The molecule has 1 aromatic carbocycles. The zero-order chi connectivity index (χ0) is 21.0. The number of hydrogen-bond donors (Lipinski definition) is 0. The Labute approximate surface area is 196 Å². The van der Waals surface area contributed by atoms with E-state index in [4.69, 9.17) is 9.51 Å². The molecular weight excluding hydrogens is 422 g/mol. The molecule has 2 saturated heterocycles. The molecule has 0 unspecified atom stereocenters. The Bertz CT molecular complexity index is 959. The summed E-state index contributed by atoms with van der Waals surface area (Å²) in [6, 6.07) is 14.9. The molecule has 0 amide bonds. The van der Waals surface area contributed by atoms with Crippen molar-refractivity contribution in [3.8, 4) is 11.4 Å². The maximum Gasteiger partial charge on any atom is 0.232 e. The number of hydrogen-bond acceptors (Lipinski definition) is 6. The molecule has 0 saturated carbocycles. The van der Waals surface area contributed by atoms with Crippen LogP contribution in [0.25, 0.3) is 11.4 Å². The van der Waals surface area contributed by atoms with Crippen LogP contribution >= 0.6 is 12.4 Å². The Hall–Kier alpha value is -2.28. The SMILES string of the molecule is CCCN1CCC(N2C[C@@H](c3cccnc3)[C@H](c3nc(-c4ccccc4)no3)C2)CC1.Cl. The summed E-state index contributed by atoms with van der Waals surface area (Å²) < 4.78 is 5.82. The number of rotatable bonds is 6. The van der Waals surface area contributed by atoms with Crippen LogP contribution in [0.1, 0.15) is 49.5 Å². The highest BCUT2D eigenvalue weighted by molar-refractivity contribution is 5.85. The van der Waals surface area contributed by atoms with E-state index in [1.807, 2.05) is 48.8 Å². The molecule has 0 N–H and O–H groups in total. The molecule has 2 fully saturated rings. The van der Waals surface area contributed by atoms with Gasteiger partial charge in [0, 0.05) is 43.0 Å². The van der Waals surface area contributed by atoms with E-state index in [0.29, 0.717) is 17.8 Å². The summed E-state index contributed by atoms with van der Waals surface area (Å²) in [6.07, 6.45) is 7.56. The van der Waals surface area contributed by atoms with Gasteiger partial charge in [0.1, 0.15) is 0 Å². The highest BCUT2D eigenvalue weighted by atomic mass is 35.5. The van der Waals surface area contributed by atoms with E-state index in [1.54, 1.807) is 0 Å². The van der Waals surface area contributed by atoms with Crippen LogP contribution in [0, 0.1) is 0 Å². The summed E-state index contributed by atoms with van der Waals surface area (Å²) in [5.41, 5.74) is 2.26. The first-order valence-corrected chi connectivity index (χ1v) is 11.6. The van der Waals surface area contributed by atoms with Crippen molar-refractivity contribution >= 4 is 12.4 Å². The topological polar surface area (TPSA) is 58.3 Å². The molecule has 170 valence electrons. The van der Waals surface area contributed by atoms with Gasteiger partial charge < -0.3 is 9.42 Å². The van der Waals surface area contributed by atoms with Gasteiger partial charge in [-0.1, -0.05) is 48.5 Å². The molecule has 2 aromatic heterocycles. The maximum absolute atomic E-state index is 5.82. The number of nitrogens with zero attached hydrogens (tertiary/aromatic N) is 5. The summed E-state index contributed by atoms with van der Waals surface area (Å²) in [6.45, 7) is 7.89. The first-order chi connectivity index (χ1) is 15.3. The molecular formula is C25H32ClN5O. The Morgan fingerprint density at radius 3 is 2.50 bits per heavy atom. The first-order valence-electron chi connectivity index (χ1n) is 11.6. The van der Waals surface area contributed by atoms with Gasteiger partial charge in [-0.15, -0.1) is 12.4 Å². The fourth-order valence-corrected chi connectivity index (χ4v) is 5.23. The van der Waals surface area contributed by atoms with Crippen molar-refractivity contribution in [3.05, 3.63) is 66.3 Å². The molecule has 2 aliphatic rings. The van der Waals surface area contributed by atoms with E-state index in [0.717, 1.165) is 24.5 Å². The van der Waals surface area contributed by atoms with E-state index in [1.165, 1.54) is 44.5 Å². The number of aromatic nitrogens is 3. The standard InChI is InChI=1S/C25H31N5O.ClH/c1-2-13-29-14-10-21(11-15-29)30-17-22(20-9-6-12-26-16-20)23(18-30)25-27-24(28-31-25)19-7-4-3-5-8-19;/h3-9,12,16,21-23H,2,10-11,13-15,17-18H2,1H3;1H/t22-,23+;/m0./s1. The Balaban J connectivity index is 0.00000245. The van der Waals surface area contributed by atoms with Gasteiger partial charge in [0.05, 0.1) is 5.92 Å². The Morgan fingerprint density at radius 1 is 1.00 bits per heavy atom. The second kappa shape index (κ2) is 10.6. The summed E-state index contributed by atoms with van der Waals surface area (Å²) in [4.78, 5) is 14.5. The third kappa shape index (κ3) is 4.87. The van der Waals surface area contributed by atoms with E-state index in [-0.39, 0.29) is 18.3 Å². The summed E-state index contributed by atoms with van der Waals surface area (Å²) in [5.74, 6) is 1.94. The molecule has 7 heteroatoms. The molecule has 0 radical (unpaired) electrons. The largest absolute Gasteiger partial charge is 0.339 e. The van der Waals surface area contributed by atoms with Gasteiger partial charge >= 0.3 is 0 Å². The van der Waals surface area contributed by atoms with E-state index < -0.39 is 0 Å². The zero-order valence-corrected chi connectivity index (χ0v) is 19.5. The summed E-state index contributed by atoms with van der Waals surface area (Å²) >= 11 is 0. The highest BCUT2D eigenvalue weighted by Crippen LogP contribution is 2.41. The maximum atomic E-state index is 5.82. The minimum absolute atomic E-state index is 0. The van der Waals surface area contributed by atoms with Crippen LogP contribution in [0.5, 0.6) is 0 Å². The van der Waals surface area contributed by atoms with Gasteiger partial charge in [-0.3, -0.25) is 9.88 Å². The lowest BCUT2D eigenvalue weighted by Crippen LogP contribution is -2.44. The van der Waals surface area contributed by atoms with Crippen LogP contribution in [-0.2, 0) is 0 Å². The zero-order valence-electron chi connectivity index (χ0n) is 18.6. The summed E-state index contributed by atoms with van der Waals surface area (Å²) in [7, 11) is 0. The van der Waals surface area contributed by atoms with Gasteiger partial charge in [0.25, 0.3) is 0 Å². The molecule has 2 aliphatic heterocycles. The van der Waals surface area contributed by atoms with Crippen LogP contribution < -0.4 is 0 Å². The van der Waals surface area contributed by atoms with Crippen molar-refractivity contribution in [2.45, 2.75) is 44.1 Å². The van der Waals surface area contributed by atoms with Crippen molar-refractivity contribution in [2.75, 3.05) is 32.7 Å². The van der Waals surface area contributed by atoms with Gasteiger partial charge in [0.2, 0.25) is 11.7 Å². The molecule has 6 nitrogen and oxygen atoms in total. The lowest BCUT2D eigenvalue weighted by atomic mass is 9.90. The number of halogens is 1. The minimum Gasteiger partial charge on any atom is -0.339 e. The average molecular weight is 454 g/mol. The predicted octanol–water partition coefficient (Wildman–Crippen LogP) is 4.61. The molecule has 2 atom stereocenters. The Kier molecular flexibility index (Phi) is 7.55. The van der Waals surface area contributed by atoms with Crippen LogP contribution in [0.4, 0.5) is 0 Å². The van der Waals surface area contributed by atoms with Crippen molar-refractivity contribution in [2.24, 2.45) is 0 Å². The number of likely N-dealkylation sites (tertiary alicyclic amines) is 2. The third-order valence-electron chi connectivity index (χ3n) is 6.86. The smallest absolute Gasteiger partial charge is 0.232 e. The highest BCUT2D eigenvalue weighted by Gasteiger charge is 2.41. The normalized spacial score (nSPS) is 22.7. The van der Waals surface area contributed by atoms with E-state index >= 15 is 0 Å². The average Bonchev–Trinajstić information content (AvgIpc) is 3.49. The van der Waals surface area contributed by atoms with Crippen molar-refractivity contribution in [1.29, 1.82) is 0 Å². The first kappa shape index (κ1) is 22.9. The second-order valence-corrected chi connectivity index (χ2v) is 8.85. The number of benzene rings is 1. The molecule has 5 rings (SSSR count). The second-order valence-electron chi connectivity index (χ2n) is 8.85. The van der Waals surface area contributed by atoms with Gasteiger partial charge in [0.15, 0.2) is 0 Å². The van der Waals surface area contributed by atoms with E-state index in [9.17, 15) is 0 Å². The fourth-order valence-electron chi connectivity index (χ4n) is 5.23. The molecule has 0 aliphatic carbocycles. The van der Waals surface area contributed by atoms with Crippen molar-refractivity contribution in [1.82, 2.24) is 24.9 Å². The van der Waals surface area contributed by atoms with E-state index in [2.05, 4.69) is 32.9 Å². The van der Waals surface area contributed by atoms with Crippen LogP contribution in [0.15, 0.2) is 59.4 Å². The van der Waals surface area contributed by atoms with Crippen molar-refractivity contribution < 1.29 is 4.52 Å². The molecule has 32 heavy (non-hydrogen) atoms. The predicted molar refractivity (Wildman–Crippen MR) is 128 cm³/mol. The molecule has 0 bridgehead atoms. The van der Waals surface area contributed by atoms with Gasteiger partial charge in [-0.05, 0) is 50.5 Å². The molecule has 0 spiro atoms. The summed E-state index contributed by atoms with van der Waals surface area (Å²) in [5, 5.41) is 4.30. The molecule has 4 heterocycles. The quantitative estimate of drug-likeness (QED) is 0.543.